The summed E-state index contributed by atoms with van der Waals surface area (Å²) >= 11 is 3.71. The normalized spacial score (nSPS) is 20.1. The molecule has 0 aliphatic carbocycles. The van der Waals surface area contributed by atoms with E-state index >= 15 is 0 Å². The molecule has 0 saturated carbocycles. The zero-order chi connectivity index (χ0) is 13.9. The molecule has 5 heteroatoms. The van der Waals surface area contributed by atoms with Crippen LogP contribution in [0.1, 0.15) is 31.4 Å². The summed E-state index contributed by atoms with van der Waals surface area (Å²) in [6.07, 6.45) is 2.34. The summed E-state index contributed by atoms with van der Waals surface area (Å²) in [6, 6.07) is 4.64. The zero-order valence-corrected chi connectivity index (χ0v) is 13.4. The highest BCUT2D eigenvalue weighted by Crippen LogP contribution is 2.41. The molecule has 20 heavy (non-hydrogen) atoms. The molecule has 0 amide bonds. The van der Waals surface area contributed by atoms with Crippen molar-refractivity contribution in [3.8, 4) is 11.5 Å². The van der Waals surface area contributed by atoms with Crippen LogP contribution in [-0.2, 0) is 0 Å². The van der Waals surface area contributed by atoms with Crippen LogP contribution in [0.3, 0.4) is 0 Å². The molecule has 0 spiro atoms. The SMILES string of the molecule is CCC[C@H](c1cc2c(cc1Br)OCO2)N1CCNCC1. The third-order valence-electron chi connectivity index (χ3n) is 4.01. The second-order valence-electron chi connectivity index (χ2n) is 5.32. The average molecular weight is 341 g/mol. The number of piperazine rings is 1. The molecule has 1 aromatic rings. The summed E-state index contributed by atoms with van der Waals surface area (Å²) in [7, 11) is 0. The maximum absolute atomic E-state index is 5.54. The van der Waals surface area contributed by atoms with Crippen molar-refractivity contribution in [1.82, 2.24) is 10.2 Å². The van der Waals surface area contributed by atoms with Gasteiger partial charge in [0.1, 0.15) is 0 Å². The Bertz CT molecular complexity index is 475. The van der Waals surface area contributed by atoms with E-state index in [1.165, 1.54) is 12.0 Å². The van der Waals surface area contributed by atoms with Gasteiger partial charge >= 0.3 is 0 Å². The number of nitrogens with zero attached hydrogens (tertiary/aromatic N) is 1. The molecule has 2 aliphatic heterocycles. The summed E-state index contributed by atoms with van der Waals surface area (Å²) in [5.74, 6) is 1.72. The first kappa shape index (κ1) is 14.2. The van der Waals surface area contributed by atoms with E-state index in [9.17, 15) is 0 Å². The lowest BCUT2D eigenvalue weighted by molar-refractivity contribution is 0.163. The van der Waals surface area contributed by atoms with Crippen LogP contribution in [0.2, 0.25) is 0 Å². The van der Waals surface area contributed by atoms with Gasteiger partial charge in [0.15, 0.2) is 11.5 Å². The van der Waals surface area contributed by atoms with Crippen molar-refractivity contribution >= 4 is 15.9 Å². The Kier molecular flexibility index (Phi) is 4.48. The Morgan fingerprint density at radius 3 is 2.65 bits per heavy atom. The Morgan fingerprint density at radius 2 is 1.95 bits per heavy atom. The molecule has 1 saturated heterocycles. The van der Waals surface area contributed by atoms with E-state index in [0.29, 0.717) is 12.8 Å². The predicted octanol–water partition coefficient (Wildman–Crippen LogP) is 2.92. The quantitative estimate of drug-likeness (QED) is 0.913. The molecule has 1 fully saturated rings. The average Bonchev–Trinajstić information content (AvgIpc) is 2.92. The molecule has 1 aromatic carbocycles. The number of halogens is 1. The minimum atomic E-state index is 0.331. The van der Waals surface area contributed by atoms with E-state index in [0.717, 1.165) is 48.6 Å². The number of rotatable bonds is 4. The first-order chi connectivity index (χ1) is 9.79. The molecule has 1 atom stereocenters. The lowest BCUT2D eigenvalue weighted by Crippen LogP contribution is -2.45. The molecular weight excluding hydrogens is 320 g/mol. The van der Waals surface area contributed by atoms with Crippen molar-refractivity contribution < 1.29 is 9.47 Å². The molecule has 0 radical (unpaired) electrons. The molecular formula is C15H21BrN2O2. The van der Waals surface area contributed by atoms with Gasteiger partial charge in [-0.2, -0.15) is 0 Å². The van der Waals surface area contributed by atoms with Gasteiger partial charge in [0.25, 0.3) is 0 Å². The van der Waals surface area contributed by atoms with Gasteiger partial charge in [-0.1, -0.05) is 29.3 Å². The second-order valence-corrected chi connectivity index (χ2v) is 6.17. The van der Waals surface area contributed by atoms with Gasteiger partial charge in [0.2, 0.25) is 6.79 Å². The Morgan fingerprint density at radius 1 is 1.25 bits per heavy atom. The Hall–Kier alpha value is -0.780. The van der Waals surface area contributed by atoms with Crippen LogP contribution in [0, 0.1) is 0 Å². The van der Waals surface area contributed by atoms with Gasteiger partial charge in [-0.25, -0.2) is 0 Å². The number of benzene rings is 1. The summed E-state index contributed by atoms with van der Waals surface area (Å²) in [5, 5.41) is 3.42. The largest absolute Gasteiger partial charge is 0.454 e. The first-order valence-corrected chi connectivity index (χ1v) is 8.12. The maximum Gasteiger partial charge on any atom is 0.231 e. The van der Waals surface area contributed by atoms with Crippen LogP contribution in [0.5, 0.6) is 11.5 Å². The highest BCUT2D eigenvalue weighted by Gasteiger charge is 2.26. The lowest BCUT2D eigenvalue weighted by Gasteiger charge is -2.35. The van der Waals surface area contributed by atoms with Crippen LogP contribution in [-0.4, -0.2) is 37.9 Å². The highest BCUT2D eigenvalue weighted by atomic mass is 79.9. The van der Waals surface area contributed by atoms with Crippen molar-refractivity contribution in [3.05, 3.63) is 22.2 Å². The smallest absolute Gasteiger partial charge is 0.231 e. The maximum atomic E-state index is 5.54. The molecule has 2 heterocycles. The summed E-state index contributed by atoms with van der Waals surface area (Å²) in [5.41, 5.74) is 1.32. The van der Waals surface area contributed by atoms with Crippen molar-refractivity contribution in [2.75, 3.05) is 33.0 Å². The van der Waals surface area contributed by atoms with Gasteiger partial charge in [-0.15, -0.1) is 0 Å². The fraction of sp³-hybridized carbons (Fsp3) is 0.600. The number of fused-ring (bicyclic) bond motifs is 1. The van der Waals surface area contributed by atoms with Crippen molar-refractivity contribution in [2.45, 2.75) is 25.8 Å². The molecule has 0 aromatic heterocycles. The zero-order valence-electron chi connectivity index (χ0n) is 11.8. The lowest BCUT2D eigenvalue weighted by atomic mass is 9.99. The van der Waals surface area contributed by atoms with Gasteiger partial charge in [-0.3, -0.25) is 4.90 Å². The molecule has 3 rings (SSSR count). The number of nitrogens with one attached hydrogen (secondary N) is 1. The fourth-order valence-corrected chi connectivity index (χ4v) is 3.58. The number of hydrogen-bond donors (Lipinski definition) is 1. The Labute approximate surface area is 128 Å². The van der Waals surface area contributed by atoms with Gasteiger partial charge < -0.3 is 14.8 Å². The van der Waals surface area contributed by atoms with Crippen molar-refractivity contribution in [3.63, 3.8) is 0 Å². The van der Waals surface area contributed by atoms with Crippen molar-refractivity contribution in [2.24, 2.45) is 0 Å². The van der Waals surface area contributed by atoms with E-state index in [-0.39, 0.29) is 0 Å². The first-order valence-electron chi connectivity index (χ1n) is 7.33. The highest BCUT2D eigenvalue weighted by molar-refractivity contribution is 9.10. The third-order valence-corrected chi connectivity index (χ3v) is 4.69. The van der Waals surface area contributed by atoms with Gasteiger partial charge in [0, 0.05) is 36.7 Å². The number of ether oxygens (including phenoxy) is 2. The molecule has 4 nitrogen and oxygen atoms in total. The van der Waals surface area contributed by atoms with E-state index in [1.54, 1.807) is 0 Å². The summed E-state index contributed by atoms with van der Waals surface area (Å²) in [6.45, 7) is 6.93. The minimum Gasteiger partial charge on any atom is -0.454 e. The molecule has 110 valence electrons. The molecule has 0 unspecified atom stereocenters. The summed E-state index contributed by atoms with van der Waals surface area (Å²) < 4.78 is 12.1. The van der Waals surface area contributed by atoms with Crippen LogP contribution >= 0.6 is 15.9 Å². The Balaban J connectivity index is 1.90. The minimum absolute atomic E-state index is 0.331. The predicted molar refractivity (Wildman–Crippen MR) is 82.4 cm³/mol. The van der Waals surface area contributed by atoms with Gasteiger partial charge in [-0.05, 0) is 24.1 Å². The fourth-order valence-electron chi connectivity index (χ4n) is 2.99. The summed E-state index contributed by atoms with van der Waals surface area (Å²) in [4.78, 5) is 2.57. The topological polar surface area (TPSA) is 33.7 Å². The molecule has 0 bridgehead atoms. The third kappa shape index (κ3) is 2.80. The van der Waals surface area contributed by atoms with E-state index in [1.807, 2.05) is 6.07 Å². The van der Waals surface area contributed by atoms with E-state index < -0.39 is 0 Å². The van der Waals surface area contributed by atoms with Crippen molar-refractivity contribution in [1.29, 1.82) is 0 Å². The van der Waals surface area contributed by atoms with E-state index in [2.05, 4.69) is 39.1 Å². The van der Waals surface area contributed by atoms with E-state index in [4.69, 9.17) is 9.47 Å². The molecule has 1 N–H and O–H groups in total. The van der Waals surface area contributed by atoms with Crippen LogP contribution in [0.4, 0.5) is 0 Å². The monoisotopic (exact) mass is 340 g/mol. The van der Waals surface area contributed by atoms with Crippen LogP contribution in [0.25, 0.3) is 0 Å². The van der Waals surface area contributed by atoms with Crippen LogP contribution in [0.15, 0.2) is 16.6 Å². The molecule has 2 aliphatic rings. The van der Waals surface area contributed by atoms with Crippen LogP contribution < -0.4 is 14.8 Å². The van der Waals surface area contributed by atoms with Gasteiger partial charge in [0.05, 0.1) is 0 Å². The standard InChI is InChI=1S/C15H21BrN2O2/c1-2-3-13(18-6-4-17-5-7-18)11-8-14-15(9-12(11)16)20-10-19-14/h8-9,13,17H,2-7,10H2,1H3/t13-/m1/s1. The second kappa shape index (κ2) is 6.33. The number of hydrogen-bond acceptors (Lipinski definition) is 4.